The zero-order valence-corrected chi connectivity index (χ0v) is 18.1. The fraction of sp³-hybridized carbons (Fsp3) is 0.107. The first-order valence-electron chi connectivity index (χ1n) is 10.8. The van der Waals surface area contributed by atoms with Crippen molar-refractivity contribution in [2.75, 3.05) is 7.11 Å². The highest BCUT2D eigenvalue weighted by molar-refractivity contribution is 6.07. The molecule has 4 aromatic carbocycles. The lowest BCUT2D eigenvalue weighted by Gasteiger charge is -2.20. The van der Waals surface area contributed by atoms with E-state index in [-0.39, 0.29) is 5.91 Å². The number of nitrogens with zero attached hydrogens (tertiary/aromatic N) is 1. The SMILES string of the molecule is COC(=O)[C@H](Cc1c2ccccc2cc2ccccc12)NC(=O)c1ccnc2ccccc12. The van der Waals surface area contributed by atoms with Gasteiger partial charge in [-0.3, -0.25) is 9.78 Å². The molecule has 5 nitrogen and oxygen atoms in total. The molecule has 0 aliphatic heterocycles. The molecule has 0 aliphatic rings. The third kappa shape index (κ3) is 3.89. The van der Waals surface area contributed by atoms with Gasteiger partial charge in [-0.15, -0.1) is 0 Å². The van der Waals surface area contributed by atoms with Gasteiger partial charge in [-0.1, -0.05) is 66.7 Å². The molecule has 0 fully saturated rings. The molecule has 5 heteroatoms. The molecule has 0 unspecified atom stereocenters. The molecular weight excluding hydrogens is 412 g/mol. The molecule has 1 heterocycles. The molecule has 1 N–H and O–H groups in total. The number of benzene rings is 4. The molecule has 5 rings (SSSR count). The number of amides is 1. The molecule has 33 heavy (non-hydrogen) atoms. The normalized spacial score (nSPS) is 12.0. The van der Waals surface area contributed by atoms with Crippen LogP contribution in [-0.2, 0) is 16.0 Å². The van der Waals surface area contributed by atoms with E-state index in [0.29, 0.717) is 12.0 Å². The molecule has 5 aromatic rings. The van der Waals surface area contributed by atoms with E-state index in [4.69, 9.17) is 4.74 Å². The van der Waals surface area contributed by atoms with Gasteiger partial charge in [0.05, 0.1) is 18.2 Å². The lowest BCUT2D eigenvalue weighted by atomic mass is 9.92. The zero-order valence-electron chi connectivity index (χ0n) is 18.1. The molecule has 0 spiro atoms. The topological polar surface area (TPSA) is 68.3 Å². The summed E-state index contributed by atoms with van der Waals surface area (Å²) < 4.78 is 5.07. The van der Waals surface area contributed by atoms with Crippen LogP contribution in [0.3, 0.4) is 0 Å². The second-order valence-corrected chi connectivity index (χ2v) is 7.93. The lowest BCUT2D eigenvalue weighted by Crippen LogP contribution is -2.43. The van der Waals surface area contributed by atoms with Gasteiger partial charge in [0.15, 0.2) is 0 Å². The average molecular weight is 434 g/mol. The average Bonchev–Trinajstić information content (AvgIpc) is 2.87. The van der Waals surface area contributed by atoms with Crippen molar-refractivity contribution in [2.45, 2.75) is 12.5 Å². The van der Waals surface area contributed by atoms with Crippen LogP contribution in [0, 0.1) is 0 Å². The van der Waals surface area contributed by atoms with E-state index in [2.05, 4.69) is 28.5 Å². The molecule has 1 atom stereocenters. The molecule has 162 valence electrons. The summed E-state index contributed by atoms with van der Waals surface area (Å²) in [5.74, 6) is -0.827. The summed E-state index contributed by atoms with van der Waals surface area (Å²) >= 11 is 0. The lowest BCUT2D eigenvalue weighted by molar-refractivity contribution is -0.142. The fourth-order valence-corrected chi connectivity index (χ4v) is 4.40. The van der Waals surface area contributed by atoms with Crippen molar-refractivity contribution in [1.82, 2.24) is 10.3 Å². The van der Waals surface area contributed by atoms with E-state index in [1.54, 1.807) is 12.3 Å². The third-order valence-electron chi connectivity index (χ3n) is 5.98. The Morgan fingerprint density at radius 1 is 0.848 bits per heavy atom. The number of fused-ring (bicyclic) bond motifs is 3. The smallest absolute Gasteiger partial charge is 0.328 e. The monoisotopic (exact) mass is 434 g/mol. The summed E-state index contributed by atoms with van der Waals surface area (Å²) in [6.07, 6.45) is 1.91. The van der Waals surface area contributed by atoms with Gasteiger partial charge in [-0.2, -0.15) is 0 Å². The minimum absolute atomic E-state index is 0.309. The van der Waals surface area contributed by atoms with Crippen molar-refractivity contribution in [3.05, 3.63) is 102 Å². The van der Waals surface area contributed by atoms with E-state index in [1.165, 1.54) is 7.11 Å². The Bertz CT molecular complexity index is 1450. The number of hydrogen-bond acceptors (Lipinski definition) is 4. The minimum Gasteiger partial charge on any atom is -0.467 e. The summed E-state index contributed by atoms with van der Waals surface area (Å²) in [7, 11) is 1.34. The number of aromatic nitrogens is 1. The Hall–Kier alpha value is -4.25. The molecule has 0 saturated heterocycles. The molecule has 1 amide bonds. The van der Waals surface area contributed by atoms with Crippen molar-refractivity contribution in [3.63, 3.8) is 0 Å². The largest absolute Gasteiger partial charge is 0.467 e. The summed E-state index contributed by atoms with van der Waals surface area (Å²) in [6.45, 7) is 0. The van der Waals surface area contributed by atoms with Crippen molar-refractivity contribution in [2.24, 2.45) is 0 Å². The van der Waals surface area contributed by atoms with Gasteiger partial charge in [0.25, 0.3) is 5.91 Å². The summed E-state index contributed by atoms with van der Waals surface area (Å²) in [5.41, 5.74) is 2.19. The number of hydrogen-bond donors (Lipinski definition) is 1. The van der Waals surface area contributed by atoms with Gasteiger partial charge < -0.3 is 10.1 Å². The minimum atomic E-state index is -0.844. The first kappa shape index (κ1) is 20.6. The highest BCUT2D eigenvalue weighted by atomic mass is 16.5. The Labute approximate surface area is 191 Å². The number of ether oxygens (including phenoxy) is 1. The molecular formula is C28H22N2O3. The van der Waals surface area contributed by atoms with E-state index in [0.717, 1.165) is 38.0 Å². The molecule has 0 aliphatic carbocycles. The van der Waals surface area contributed by atoms with Crippen LogP contribution in [0.5, 0.6) is 0 Å². The van der Waals surface area contributed by atoms with Crippen molar-refractivity contribution in [3.8, 4) is 0 Å². The first-order chi connectivity index (χ1) is 16.2. The Kier molecular flexibility index (Phi) is 5.45. The van der Waals surface area contributed by atoms with Gasteiger partial charge in [-0.25, -0.2) is 4.79 Å². The van der Waals surface area contributed by atoms with Crippen LogP contribution in [0.1, 0.15) is 15.9 Å². The number of carbonyl (C=O) groups is 2. The van der Waals surface area contributed by atoms with E-state index in [1.807, 2.05) is 60.7 Å². The molecule has 0 radical (unpaired) electrons. The highest BCUT2D eigenvalue weighted by Crippen LogP contribution is 2.29. The molecule has 0 bridgehead atoms. The Morgan fingerprint density at radius 2 is 1.45 bits per heavy atom. The second-order valence-electron chi connectivity index (χ2n) is 7.93. The third-order valence-corrected chi connectivity index (χ3v) is 5.98. The van der Waals surface area contributed by atoms with Crippen LogP contribution in [-0.4, -0.2) is 30.0 Å². The van der Waals surface area contributed by atoms with Crippen LogP contribution >= 0.6 is 0 Å². The molecule has 1 aromatic heterocycles. The number of esters is 1. The van der Waals surface area contributed by atoms with Gasteiger partial charge in [-0.05, 0) is 45.3 Å². The van der Waals surface area contributed by atoms with Crippen LogP contribution in [0.2, 0.25) is 0 Å². The van der Waals surface area contributed by atoms with Crippen molar-refractivity contribution >= 4 is 44.3 Å². The molecule has 0 saturated carbocycles. The van der Waals surface area contributed by atoms with Gasteiger partial charge in [0.2, 0.25) is 0 Å². The summed E-state index contributed by atoms with van der Waals surface area (Å²) in [4.78, 5) is 30.3. The Morgan fingerprint density at radius 3 is 2.12 bits per heavy atom. The van der Waals surface area contributed by atoms with E-state index < -0.39 is 12.0 Å². The van der Waals surface area contributed by atoms with Gasteiger partial charge >= 0.3 is 5.97 Å². The number of pyridine rings is 1. The van der Waals surface area contributed by atoms with Gasteiger partial charge in [0, 0.05) is 18.0 Å². The zero-order chi connectivity index (χ0) is 22.8. The van der Waals surface area contributed by atoms with Crippen LogP contribution in [0.15, 0.2) is 91.1 Å². The standard InChI is InChI=1S/C28H22N2O3/c1-33-28(32)26(30-27(31)23-14-15-29-25-13-7-6-12-22(23)25)17-24-20-10-4-2-8-18(20)16-19-9-3-5-11-21(19)24/h2-16,26H,17H2,1H3,(H,30,31)/t26-/m0/s1. The summed E-state index contributed by atoms with van der Waals surface area (Å²) in [6, 6.07) is 26.6. The number of rotatable bonds is 5. The maximum absolute atomic E-state index is 13.3. The number of nitrogens with one attached hydrogen (secondary N) is 1. The fourth-order valence-electron chi connectivity index (χ4n) is 4.40. The van der Waals surface area contributed by atoms with E-state index in [9.17, 15) is 9.59 Å². The predicted octanol–water partition coefficient (Wildman–Crippen LogP) is 5.06. The van der Waals surface area contributed by atoms with Crippen LogP contribution in [0.4, 0.5) is 0 Å². The maximum Gasteiger partial charge on any atom is 0.328 e. The number of methoxy groups -OCH3 is 1. The number of carbonyl (C=O) groups excluding carboxylic acids is 2. The first-order valence-corrected chi connectivity index (χ1v) is 10.8. The van der Waals surface area contributed by atoms with Gasteiger partial charge in [0.1, 0.15) is 6.04 Å². The van der Waals surface area contributed by atoms with Crippen LogP contribution in [0.25, 0.3) is 32.4 Å². The van der Waals surface area contributed by atoms with E-state index >= 15 is 0 Å². The van der Waals surface area contributed by atoms with Crippen molar-refractivity contribution < 1.29 is 14.3 Å². The Balaban J connectivity index is 1.56. The second kappa shape index (κ2) is 8.71. The van der Waals surface area contributed by atoms with Crippen molar-refractivity contribution in [1.29, 1.82) is 0 Å². The highest BCUT2D eigenvalue weighted by Gasteiger charge is 2.25. The van der Waals surface area contributed by atoms with Crippen LogP contribution < -0.4 is 5.32 Å². The quantitative estimate of drug-likeness (QED) is 0.310. The maximum atomic E-state index is 13.3. The summed E-state index contributed by atoms with van der Waals surface area (Å²) in [5, 5.41) is 7.91. The number of para-hydroxylation sites is 1. The predicted molar refractivity (Wildman–Crippen MR) is 130 cm³/mol.